The lowest BCUT2D eigenvalue weighted by Gasteiger charge is -2.10. The van der Waals surface area contributed by atoms with Gasteiger partial charge in [0.05, 0.1) is 11.0 Å². The summed E-state index contributed by atoms with van der Waals surface area (Å²) in [5.41, 5.74) is 8.79. The van der Waals surface area contributed by atoms with Crippen molar-refractivity contribution in [1.82, 2.24) is 9.97 Å². The van der Waals surface area contributed by atoms with Crippen LogP contribution in [0, 0.1) is 11.6 Å². The van der Waals surface area contributed by atoms with E-state index >= 15 is 0 Å². The maximum Gasteiger partial charge on any atom is 0.323 e. The highest BCUT2D eigenvalue weighted by molar-refractivity contribution is 5.86. The molecule has 142 valence electrons. The van der Waals surface area contributed by atoms with Gasteiger partial charge in [-0.05, 0) is 59.4 Å². The quantitative estimate of drug-likeness (QED) is 0.446. The van der Waals surface area contributed by atoms with Crippen LogP contribution in [0.25, 0.3) is 22.7 Å². The number of nitrogens with one attached hydrogen (secondary N) is 2. The molecule has 1 aromatic heterocycles. The molecule has 0 aliphatic heterocycles. The third kappa shape index (κ3) is 3.12. The number of hydrogen-bond donors (Lipinski definition) is 2. The molecular formula is C24H16F2N2O. The van der Waals surface area contributed by atoms with Gasteiger partial charge in [-0.3, -0.25) is 0 Å². The van der Waals surface area contributed by atoms with Crippen LogP contribution in [-0.4, -0.2) is 9.97 Å². The molecule has 0 atom stereocenters. The summed E-state index contributed by atoms with van der Waals surface area (Å²) in [5, 5.41) is 0. The van der Waals surface area contributed by atoms with E-state index in [-0.39, 0.29) is 5.69 Å². The summed E-state index contributed by atoms with van der Waals surface area (Å²) >= 11 is 0. The number of imidazole rings is 1. The Labute approximate surface area is 165 Å². The summed E-state index contributed by atoms with van der Waals surface area (Å²) in [6.45, 7) is 0. The van der Waals surface area contributed by atoms with E-state index in [1.54, 1.807) is 12.1 Å². The molecule has 3 nitrogen and oxygen atoms in total. The molecule has 0 amide bonds. The van der Waals surface area contributed by atoms with E-state index in [2.05, 4.69) is 15.7 Å². The number of benzene rings is 3. The molecule has 0 spiro atoms. The largest absolute Gasteiger partial charge is 0.323 e. The maximum absolute atomic E-state index is 14.8. The molecule has 0 bridgehead atoms. The lowest BCUT2D eigenvalue weighted by atomic mass is 9.94. The van der Waals surface area contributed by atoms with Crippen molar-refractivity contribution in [3.8, 4) is 0 Å². The summed E-state index contributed by atoms with van der Waals surface area (Å²) < 4.78 is 28.7. The van der Waals surface area contributed by atoms with Gasteiger partial charge >= 0.3 is 5.69 Å². The summed E-state index contributed by atoms with van der Waals surface area (Å²) in [5.74, 6) is -1.16. The van der Waals surface area contributed by atoms with Crippen molar-refractivity contribution in [3.05, 3.63) is 110 Å². The van der Waals surface area contributed by atoms with Crippen LogP contribution in [0.1, 0.15) is 27.8 Å². The third-order valence-corrected chi connectivity index (χ3v) is 5.26. The Hall–Kier alpha value is -3.69. The number of aromatic amines is 2. The number of H-pyrrole nitrogens is 2. The second kappa shape index (κ2) is 6.73. The lowest BCUT2D eigenvalue weighted by Crippen LogP contribution is -1.99. The number of aryl methyl sites for hydroxylation is 2. The van der Waals surface area contributed by atoms with Crippen molar-refractivity contribution in [3.63, 3.8) is 0 Å². The monoisotopic (exact) mass is 386 g/mol. The molecule has 1 aliphatic carbocycles. The van der Waals surface area contributed by atoms with E-state index in [0.717, 1.165) is 22.8 Å². The highest BCUT2D eigenvalue weighted by Gasteiger charge is 2.22. The highest BCUT2D eigenvalue weighted by atomic mass is 19.1. The van der Waals surface area contributed by atoms with Crippen molar-refractivity contribution < 1.29 is 8.78 Å². The van der Waals surface area contributed by atoms with Crippen molar-refractivity contribution in [2.24, 2.45) is 0 Å². The predicted octanol–water partition coefficient (Wildman–Crippen LogP) is 4.98. The molecule has 3 aromatic carbocycles. The Bertz CT molecular complexity index is 1390. The molecule has 0 fully saturated rings. The number of aromatic nitrogens is 2. The fraction of sp³-hybridized carbons (Fsp3) is 0.0833. The SMILES string of the molecule is O=c1[nH]c2ccc(C=C=C3c4ccccc4CCc4cc(F)cc(F)c43)cc2[nH]1. The minimum absolute atomic E-state index is 0.268. The van der Waals surface area contributed by atoms with E-state index in [4.69, 9.17) is 0 Å². The highest BCUT2D eigenvalue weighted by Crippen LogP contribution is 2.35. The van der Waals surface area contributed by atoms with Crippen LogP contribution in [0.4, 0.5) is 8.78 Å². The minimum Gasteiger partial charge on any atom is -0.306 e. The normalized spacial score (nSPS) is 12.8. The van der Waals surface area contributed by atoms with E-state index in [1.165, 1.54) is 6.07 Å². The average molecular weight is 386 g/mol. The van der Waals surface area contributed by atoms with Crippen molar-refractivity contribution in [1.29, 1.82) is 0 Å². The van der Waals surface area contributed by atoms with Crippen molar-refractivity contribution in [2.75, 3.05) is 0 Å². The first kappa shape index (κ1) is 17.4. The maximum atomic E-state index is 14.8. The Morgan fingerprint density at radius 3 is 2.59 bits per heavy atom. The molecule has 29 heavy (non-hydrogen) atoms. The van der Waals surface area contributed by atoms with Gasteiger partial charge in [-0.25, -0.2) is 13.6 Å². The topological polar surface area (TPSA) is 48.6 Å². The molecule has 5 rings (SSSR count). The summed E-state index contributed by atoms with van der Waals surface area (Å²) in [4.78, 5) is 16.9. The Balaban J connectivity index is 1.75. The fourth-order valence-corrected chi connectivity index (χ4v) is 3.94. The molecule has 0 unspecified atom stereocenters. The van der Waals surface area contributed by atoms with Gasteiger partial charge in [0.15, 0.2) is 0 Å². The Morgan fingerprint density at radius 1 is 0.897 bits per heavy atom. The first-order valence-electron chi connectivity index (χ1n) is 9.34. The standard InChI is InChI=1S/C24H16F2N2O/c25-17-12-16-8-7-15-3-1-2-4-18(15)19(23(16)20(26)13-17)9-5-14-6-10-21-22(11-14)28-24(29)27-21/h1-6,10-13H,7-8H2,(H2,27,28,29). The minimum atomic E-state index is -0.585. The van der Waals surface area contributed by atoms with Crippen LogP contribution in [0.5, 0.6) is 0 Å². The van der Waals surface area contributed by atoms with Gasteiger partial charge < -0.3 is 9.97 Å². The van der Waals surface area contributed by atoms with Crippen LogP contribution in [0.15, 0.2) is 65.1 Å². The van der Waals surface area contributed by atoms with Crippen LogP contribution in [0.2, 0.25) is 0 Å². The molecule has 0 saturated carbocycles. The van der Waals surface area contributed by atoms with Crippen LogP contribution < -0.4 is 5.69 Å². The van der Waals surface area contributed by atoms with Gasteiger partial charge in [0.2, 0.25) is 0 Å². The van der Waals surface area contributed by atoms with Crippen molar-refractivity contribution in [2.45, 2.75) is 12.8 Å². The number of rotatable bonds is 1. The summed E-state index contributed by atoms with van der Waals surface area (Å²) in [7, 11) is 0. The smallest absolute Gasteiger partial charge is 0.306 e. The second-order valence-corrected chi connectivity index (χ2v) is 7.13. The lowest BCUT2D eigenvalue weighted by molar-refractivity contribution is 0.577. The Kier molecular flexibility index (Phi) is 4.04. The van der Waals surface area contributed by atoms with Gasteiger partial charge in [-0.15, -0.1) is 5.73 Å². The van der Waals surface area contributed by atoms with Crippen molar-refractivity contribution >= 4 is 22.7 Å². The van der Waals surface area contributed by atoms with Crippen LogP contribution in [0.3, 0.4) is 0 Å². The molecule has 2 N–H and O–H groups in total. The first-order valence-corrected chi connectivity index (χ1v) is 9.34. The van der Waals surface area contributed by atoms with E-state index in [9.17, 15) is 13.6 Å². The Morgan fingerprint density at radius 2 is 1.69 bits per heavy atom. The van der Waals surface area contributed by atoms with Gasteiger partial charge in [0.1, 0.15) is 11.6 Å². The van der Waals surface area contributed by atoms with Crippen LogP contribution in [-0.2, 0) is 12.8 Å². The molecule has 1 aliphatic rings. The zero-order valence-corrected chi connectivity index (χ0v) is 15.4. The van der Waals surface area contributed by atoms with Crippen LogP contribution >= 0.6 is 0 Å². The molecule has 1 heterocycles. The number of hydrogen-bond acceptors (Lipinski definition) is 1. The molecule has 5 heteroatoms. The van der Waals surface area contributed by atoms with E-state index in [0.29, 0.717) is 40.6 Å². The molecular weight excluding hydrogens is 370 g/mol. The summed E-state index contributed by atoms with van der Waals surface area (Å²) in [6, 6.07) is 15.6. The van der Waals surface area contributed by atoms with Gasteiger partial charge in [-0.1, -0.05) is 30.3 Å². The van der Waals surface area contributed by atoms with Gasteiger partial charge in [-0.2, -0.15) is 0 Å². The molecule has 4 aromatic rings. The molecule has 0 saturated heterocycles. The second-order valence-electron chi connectivity index (χ2n) is 7.13. The fourth-order valence-electron chi connectivity index (χ4n) is 3.94. The van der Waals surface area contributed by atoms with Gasteiger partial charge in [0, 0.05) is 17.2 Å². The van der Waals surface area contributed by atoms with E-state index < -0.39 is 11.6 Å². The average Bonchev–Trinajstić information content (AvgIpc) is 2.99. The van der Waals surface area contributed by atoms with Gasteiger partial charge in [0.25, 0.3) is 0 Å². The first-order chi connectivity index (χ1) is 14.1. The number of fused-ring (bicyclic) bond motifs is 3. The number of halogens is 2. The zero-order valence-electron chi connectivity index (χ0n) is 15.4. The third-order valence-electron chi connectivity index (χ3n) is 5.26. The summed E-state index contributed by atoms with van der Waals surface area (Å²) in [6.07, 6.45) is 3.02. The predicted molar refractivity (Wildman–Crippen MR) is 110 cm³/mol. The molecule has 0 radical (unpaired) electrons. The van der Waals surface area contributed by atoms with E-state index in [1.807, 2.05) is 36.4 Å². The zero-order chi connectivity index (χ0) is 20.0.